The summed E-state index contributed by atoms with van der Waals surface area (Å²) in [5, 5.41) is 3.52. The van der Waals surface area contributed by atoms with Crippen LogP contribution in [0.4, 0.5) is 0 Å². The molecule has 29 heavy (non-hydrogen) atoms. The highest BCUT2D eigenvalue weighted by Crippen LogP contribution is 2.33. The molecule has 0 aromatic carbocycles. The van der Waals surface area contributed by atoms with E-state index in [1.165, 1.54) is 13.8 Å². The van der Waals surface area contributed by atoms with E-state index in [4.69, 9.17) is 13.7 Å². The molecule has 8 nitrogen and oxygen atoms in total. The fourth-order valence-corrected chi connectivity index (χ4v) is 5.44. The van der Waals surface area contributed by atoms with E-state index in [-0.39, 0.29) is 6.42 Å². The van der Waals surface area contributed by atoms with Crippen LogP contribution >= 0.6 is 0 Å². The van der Waals surface area contributed by atoms with Crippen molar-refractivity contribution >= 4 is 15.6 Å². The molecule has 0 spiro atoms. The summed E-state index contributed by atoms with van der Waals surface area (Å²) in [6.45, 7) is 9.32. The van der Waals surface area contributed by atoms with E-state index >= 15 is 0 Å². The molecule has 1 aliphatic heterocycles. The molecule has 0 bridgehead atoms. The van der Waals surface area contributed by atoms with E-state index < -0.39 is 31.0 Å². The number of sulfone groups is 1. The Bertz CT molecular complexity index is 980. The van der Waals surface area contributed by atoms with Crippen molar-refractivity contribution < 1.29 is 26.9 Å². The molecular formula is C20H28N2O6S. The van der Waals surface area contributed by atoms with Gasteiger partial charge in [0.15, 0.2) is 21.5 Å². The smallest absolute Gasteiger partial charge is 0.191 e. The summed E-state index contributed by atoms with van der Waals surface area (Å²) in [7, 11) is -3.66. The highest BCUT2D eigenvalue weighted by Gasteiger charge is 2.46. The number of hydrogen-bond acceptors (Lipinski definition) is 8. The van der Waals surface area contributed by atoms with Gasteiger partial charge in [0.1, 0.15) is 16.3 Å². The lowest BCUT2D eigenvalue weighted by Crippen LogP contribution is -2.48. The predicted molar refractivity (Wildman–Crippen MR) is 105 cm³/mol. The van der Waals surface area contributed by atoms with Crippen molar-refractivity contribution in [3.63, 3.8) is 0 Å². The lowest BCUT2D eigenvalue weighted by molar-refractivity contribution is -0.120. The fraction of sp³-hybridized carbons (Fsp3) is 0.650. The van der Waals surface area contributed by atoms with E-state index in [9.17, 15) is 13.2 Å². The zero-order chi connectivity index (χ0) is 21.4. The summed E-state index contributed by atoms with van der Waals surface area (Å²) in [6, 6.07) is 1.67. The Morgan fingerprint density at radius 3 is 2.45 bits per heavy atom. The Balaban J connectivity index is 1.77. The van der Waals surface area contributed by atoms with Crippen LogP contribution in [0.5, 0.6) is 0 Å². The molecule has 2 aromatic heterocycles. The van der Waals surface area contributed by atoms with E-state index in [1.54, 1.807) is 19.2 Å². The third kappa shape index (κ3) is 4.02. The second-order valence-electron chi connectivity index (χ2n) is 8.51. The van der Waals surface area contributed by atoms with Gasteiger partial charge in [0, 0.05) is 26.2 Å². The Morgan fingerprint density at radius 2 is 1.86 bits per heavy atom. The Hall–Kier alpha value is -2.00. The molecule has 0 amide bonds. The van der Waals surface area contributed by atoms with Gasteiger partial charge in [-0.2, -0.15) is 0 Å². The third-order valence-corrected chi connectivity index (χ3v) is 8.76. The number of aryl methyl sites for hydroxylation is 1. The van der Waals surface area contributed by atoms with Crippen LogP contribution in [0, 0.1) is 6.92 Å². The van der Waals surface area contributed by atoms with Crippen LogP contribution in [0.15, 0.2) is 21.2 Å². The van der Waals surface area contributed by atoms with Gasteiger partial charge >= 0.3 is 0 Å². The summed E-state index contributed by atoms with van der Waals surface area (Å²) in [5.74, 6) is 1.08. The monoisotopic (exact) mass is 424 g/mol. The number of carbonyl (C=O) groups is 1. The first-order chi connectivity index (χ1) is 13.5. The van der Waals surface area contributed by atoms with Crippen LogP contribution in [-0.2, 0) is 31.2 Å². The Labute approximate surface area is 170 Å². The molecule has 0 N–H and O–H groups in total. The van der Waals surface area contributed by atoms with Crippen molar-refractivity contribution in [2.45, 2.75) is 69.3 Å². The van der Waals surface area contributed by atoms with E-state index in [0.29, 0.717) is 49.2 Å². The first kappa shape index (κ1) is 21.7. The van der Waals surface area contributed by atoms with Crippen LogP contribution in [0.3, 0.4) is 0 Å². The molecule has 0 unspecified atom stereocenters. The molecule has 160 valence electrons. The second-order valence-corrected chi connectivity index (χ2v) is 11.3. The standard InChI is InChI=1S/C20H28N2O6S/c1-13-21-12-18(27-13)19(2,3)16-10-14(28-22-16)11-17(23)20(4,5)29(24,25)15-6-8-26-9-7-15/h10,12,15H,6-9,11H2,1-5H3. The number of nitrogens with zero attached hydrogens (tertiary/aromatic N) is 2. The molecule has 1 aliphatic rings. The average Bonchev–Trinajstić information content (AvgIpc) is 3.32. The number of Topliss-reactive ketones (excluding diaryl/α,β-unsaturated/α-hetero) is 1. The topological polar surface area (TPSA) is 112 Å². The molecule has 2 aromatic rings. The summed E-state index contributed by atoms with van der Waals surface area (Å²) < 4.78 is 40.8. The minimum atomic E-state index is -3.66. The normalized spacial score (nSPS) is 16.9. The molecular weight excluding hydrogens is 396 g/mol. The highest BCUT2D eigenvalue weighted by atomic mass is 32.2. The minimum Gasteiger partial charge on any atom is -0.445 e. The SMILES string of the molecule is Cc1ncc(C(C)(C)c2cc(CC(=O)C(C)(C)S(=O)(=O)C3CCOCC3)on2)o1. The van der Waals surface area contributed by atoms with Gasteiger partial charge in [-0.3, -0.25) is 4.79 Å². The number of ether oxygens (including phenoxy) is 1. The molecule has 3 rings (SSSR count). The summed E-state index contributed by atoms with van der Waals surface area (Å²) in [4.78, 5) is 17.0. The third-order valence-electron chi connectivity index (χ3n) is 5.76. The Morgan fingerprint density at radius 1 is 1.21 bits per heavy atom. The summed E-state index contributed by atoms with van der Waals surface area (Å²) >= 11 is 0. The van der Waals surface area contributed by atoms with Gasteiger partial charge in [0.2, 0.25) is 0 Å². The molecule has 0 radical (unpaired) electrons. The van der Waals surface area contributed by atoms with Gasteiger partial charge in [0.25, 0.3) is 0 Å². The molecule has 1 saturated heterocycles. The van der Waals surface area contributed by atoms with Gasteiger partial charge < -0.3 is 13.7 Å². The number of carbonyl (C=O) groups excluding carboxylic acids is 1. The molecule has 1 fully saturated rings. The first-order valence-corrected chi connectivity index (χ1v) is 11.2. The maximum Gasteiger partial charge on any atom is 0.191 e. The van der Waals surface area contributed by atoms with Crippen LogP contribution in [0.2, 0.25) is 0 Å². The maximum absolute atomic E-state index is 13.0. The van der Waals surface area contributed by atoms with Crippen molar-refractivity contribution in [1.29, 1.82) is 0 Å². The summed E-state index contributed by atoms with van der Waals surface area (Å²) in [6.07, 6.45) is 2.32. The molecule has 0 aliphatic carbocycles. The maximum atomic E-state index is 13.0. The number of oxazole rings is 1. The van der Waals surface area contributed by atoms with Crippen molar-refractivity contribution in [1.82, 2.24) is 10.1 Å². The van der Waals surface area contributed by atoms with Crippen LogP contribution in [0.1, 0.15) is 63.6 Å². The average molecular weight is 425 g/mol. The molecule has 9 heteroatoms. The number of rotatable bonds is 7. The Kier molecular flexibility index (Phi) is 5.75. The number of ketones is 1. The van der Waals surface area contributed by atoms with Crippen LogP contribution in [-0.4, -0.2) is 47.6 Å². The van der Waals surface area contributed by atoms with Gasteiger partial charge in [-0.1, -0.05) is 5.16 Å². The van der Waals surface area contributed by atoms with E-state index in [2.05, 4.69) is 10.1 Å². The van der Waals surface area contributed by atoms with Gasteiger partial charge in [-0.05, 0) is 40.5 Å². The first-order valence-electron chi connectivity index (χ1n) is 9.69. The predicted octanol–water partition coefficient (Wildman–Crippen LogP) is 2.78. The van der Waals surface area contributed by atoms with Crippen molar-refractivity contribution in [2.24, 2.45) is 0 Å². The van der Waals surface area contributed by atoms with E-state index in [0.717, 1.165) is 0 Å². The van der Waals surface area contributed by atoms with Crippen LogP contribution < -0.4 is 0 Å². The lowest BCUT2D eigenvalue weighted by Gasteiger charge is -2.30. The largest absolute Gasteiger partial charge is 0.445 e. The number of aromatic nitrogens is 2. The lowest BCUT2D eigenvalue weighted by atomic mass is 9.86. The van der Waals surface area contributed by atoms with Gasteiger partial charge in [0.05, 0.1) is 29.0 Å². The zero-order valence-corrected chi connectivity index (χ0v) is 18.3. The van der Waals surface area contributed by atoms with Crippen molar-refractivity contribution in [3.05, 3.63) is 35.4 Å². The minimum absolute atomic E-state index is 0.145. The fourth-order valence-electron chi connectivity index (χ4n) is 3.40. The molecule has 3 heterocycles. The summed E-state index contributed by atoms with van der Waals surface area (Å²) in [5.41, 5.74) is -0.0167. The number of hydrogen-bond donors (Lipinski definition) is 0. The van der Waals surface area contributed by atoms with Crippen molar-refractivity contribution in [2.75, 3.05) is 13.2 Å². The van der Waals surface area contributed by atoms with Gasteiger partial charge in [-0.25, -0.2) is 13.4 Å². The van der Waals surface area contributed by atoms with Crippen molar-refractivity contribution in [3.8, 4) is 0 Å². The van der Waals surface area contributed by atoms with Gasteiger partial charge in [-0.15, -0.1) is 0 Å². The van der Waals surface area contributed by atoms with E-state index in [1.807, 2.05) is 13.8 Å². The van der Waals surface area contributed by atoms with Crippen LogP contribution in [0.25, 0.3) is 0 Å². The second kappa shape index (κ2) is 7.68. The zero-order valence-electron chi connectivity index (χ0n) is 17.5. The highest BCUT2D eigenvalue weighted by molar-refractivity contribution is 7.94. The quantitative estimate of drug-likeness (QED) is 0.667. The molecule has 0 atom stereocenters. The molecule has 0 saturated carbocycles.